The second-order valence-electron chi connectivity index (χ2n) is 9.95. The van der Waals surface area contributed by atoms with Gasteiger partial charge < -0.3 is 9.47 Å². The Morgan fingerprint density at radius 2 is 0.970 bits per heavy atom. The first-order valence-corrected chi connectivity index (χ1v) is 14.4. The van der Waals surface area contributed by atoms with Crippen molar-refractivity contribution in [3.63, 3.8) is 0 Å². The number of unbranched alkanes of at least 4 members (excludes halogenated alkanes) is 15. The van der Waals surface area contributed by atoms with Crippen LogP contribution < -0.4 is 0 Å². The van der Waals surface area contributed by atoms with E-state index in [-0.39, 0.29) is 11.9 Å². The minimum absolute atomic E-state index is 0.0271. The molecule has 1 unspecified atom stereocenters. The van der Waals surface area contributed by atoms with Gasteiger partial charge in [-0.05, 0) is 25.2 Å². The molecule has 0 spiro atoms. The van der Waals surface area contributed by atoms with E-state index in [4.69, 9.17) is 9.47 Å². The Hall–Kier alpha value is -1.06. The van der Waals surface area contributed by atoms with E-state index >= 15 is 0 Å². The van der Waals surface area contributed by atoms with E-state index in [1.54, 1.807) is 0 Å². The molecule has 0 bridgehead atoms. The zero-order chi connectivity index (χ0) is 24.4. The number of carbonyl (C=O) groups excluding carboxylic acids is 2. The van der Waals surface area contributed by atoms with E-state index in [2.05, 4.69) is 20.8 Å². The summed E-state index contributed by atoms with van der Waals surface area (Å²) in [5.74, 6) is 0.351. The highest BCUT2D eigenvalue weighted by molar-refractivity contribution is 5.69. The predicted octanol–water partition coefficient (Wildman–Crippen LogP) is 8.94. The maximum absolute atomic E-state index is 11.9. The molecule has 196 valence electrons. The normalized spacial score (nSPS) is 12.0. The molecular weight excluding hydrogens is 412 g/mol. The van der Waals surface area contributed by atoms with E-state index < -0.39 is 0 Å². The summed E-state index contributed by atoms with van der Waals surface area (Å²) in [6, 6.07) is 0. The van der Waals surface area contributed by atoms with Crippen molar-refractivity contribution in [1.82, 2.24) is 0 Å². The second-order valence-corrected chi connectivity index (χ2v) is 9.95. The average molecular weight is 469 g/mol. The molecule has 4 nitrogen and oxygen atoms in total. The highest BCUT2D eigenvalue weighted by atomic mass is 16.5. The van der Waals surface area contributed by atoms with Crippen LogP contribution in [-0.4, -0.2) is 25.2 Å². The number of ether oxygens (including phenoxy) is 2. The molecule has 0 saturated heterocycles. The fourth-order valence-corrected chi connectivity index (χ4v) is 4.12. The molecule has 0 aliphatic heterocycles. The molecule has 0 rings (SSSR count). The van der Waals surface area contributed by atoms with Gasteiger partial charge >= 0.3 is 11.9 Å². The lowest BCUT2D eigenvalue weighted by atomic mass is 9.99. The monoisotopic (exact) mass is 468 g/mol. The third-order valence-electron chi connectivity index (χ3n) is 6.36. The van der Waals surface area contributed by atoms with Crippen LogP contribution in [0.2, 0.25) is 0 Å². The number of carbonyl (C=O) groups is 2. The van der Waals surface area contributed by atoms with Crippen molar-refractivity contribution in [2.45, 2.75) is 156 Å². The van der Waals surface area contributed by atoms with E-state index in [1.165, 1.54) is 89.9 Å². The van der Waals surface area contributed by atoms with Crippen LogP contribution in [0.4, 0.5) is 0 Å². The average Bonchev–Trinajstić information content (AvgIpc) is 2.79. The molecule has 0 aliphatic carbocycles. The van der Waals surface area contributed by atoms with Gasteiger partial charge in [0.05, 0.1) is 13.2 Å². The first-order valence-electron chi connectivity index (χ1n) is 14.4. The minimum Gasteiger partial charge on any atom is -0.466 e. The van der Waals surface area contributed by atoms with Crippen LogP contribution in [0, 0.1) is 5.92 Å². The molecule has 0 saturated carbocycles. The lowest BCUT2D eigenvalue weighted by molar-refractivity contribution is -0.145. The molecule has 0 aromatic carbocycles. The summed E-state index contributed by atoms with van der Waals surface area (Å²) < 4.78 is 10.7. The van der Waals surface area contributed by atoms with Crippen LogP contribution in [0.15, 0.2) is 0 Å². The Morgan fingerprint density at radius 3 is 1.52 bits per heavy atom. The summed E-state index contributed by atoms with van der Waals surface area (Å²) in [6.07, 6.45) is 23.6. The largest absolute Gasteiger partial charge is 0.466 e. The van der Waals surface area contributed by atoms with Crippen molar-refractivity contribution < 1.29 is 19.1 Å². The van der Waals surface area contributed by atoms with Gasteiger partial charge in [0.25, 0.3) is 0 Å². The number of esters is 2. The summed E-state index contributed by atoms with van der Waals surface area (Å²) in [7, 11) is 0. The second kappa shape index (κ2) is 25.6. The van der Waals surface area contributed by atoms with Crippen LogP contribution in [0.5, 0.6) is 0 Å². The van der Waals surface area contributed by atoms with Gasteiger partial charge in [-0.3, -0.25) is 9.59 Å². The molecule has 0 aliphatic rings. The maximum Gasteiger partial charge on any atom is 0.306 e. The van der Waals surface area contributed by atoms with Crippen LogP contribution in [0.1, 0.15) is 156 Å². The number of rotatable bonds is 25. The zero-order valence-corrected chi connectivity index (χ0v) is 22.5. The Kier molecular flexibility index (Phi) is 24.7. The molecule has 0 N–H and O–H groups in total. The first-order chi connectivity index (χ1) is 16.1. The van der Waals surface area contributed by atoms with E-state index in [9.17, 15) is 9.59 Å². The van der Waals surface area contributed by atoms with Crippen molar-refractivity contribution in [2.24, 2.45) is 5.92 Å². The number of hydrogen-bond acceptors (Lipinski definition) is 4. The molecule has 33 heavy (non-hydrogen) atoms. The fourth-order valence-electron chi connectivity index (χ4n) is 4.12. The van der Waals surface area contributed by atoms with Crippen molar-refractivity contribution in [3.8, 4) is 0 Å². The SMILES string of the molecule is CCCCCCCCOC(=O)CCCCCCCCC(C)CC(=O)OCCCCCCCC. The third-order valence-corrected chi connectivity index (χ3v) is 6.36. The van der Waals surface area contributed by atoms with Gasteiger partial charge in [0, 0.05) is 12.8 Å². The zero-order valence-electron chi connectivity index (χ0n) is 22.5. The van der Waals surface area contributed by atoms with E-state index in [1.807, 2.05) is 0 Å². The van der Waals surface area contributed by atoms with E-state index in [0.29, 0.717) is 32.0 Å². The molecule has 0 radical (unpaired) electrons. The quantitative estimate of drug-likeness (QED) is 0.0991. The molecule has 1 atom stereocenters. The van der Waals surface area contributed by atoms with Gasteiger partial charge in [-0.15, -0.1) is 0 Å². The lowest BCUT2D eigenvalue weighted by Gasteiger charge is -2.11. The standard InChI is InChI=1S/C29H56O4/c1-4-6-8-10-16-20-24-32-28(30)23-19-15-13-12-14-18-22-27(3)26-29(31)33-25-21-17-11-9-7-5-2/h27H,4-26H2,1-3H3. The summed E-state index contributed by atoms with van der Waals surface area (Å²) in [5.41, 5.74) is 0. The molecule has 0 amide bonds. The highest BCUT2D eigenvalue weighted by Gasteiger charge is 2.10. The molecule has 0 fully saturated rings. The molecule has 0 aromatic rings. The summed E-state index contributed by atoms with van der Waals surface area (Å²) in [4.78, 5) is 23.7. The van der Waals surface area contributed by atoms with Crippen molar-refractivity contribution in [2.75, 3.05) is 13.2 Å². The Bertz CT molecular complexity index is 435. The van der Waals surface area contributed by atoms with Crippen molar-refractivity contribution in [1.29, 1.82) is 0 Å². The fraction of sp³-hybridized carbons (Fsp3) is 0.931. The summed E-state index contributed by atoms with van der Waals surface area (Å²) in [5, 5.41) is 0. The van der Waals surface area contributed by atoms with Crippen LogP contribution >= 0.6 is 0 Å². The molecule has 4 heteroatoms. The van der Waals surface area contributed by atoms with Crippen molar-refractivity contribution in [3.05, 3.63) is 0 Å². The Morgan fingerprint density at radius 1 is 0.545 bits per heavy atom. The van der Waals surface area contributed by atoms with Crippen LogP contribution in [0.3, 0.4) is 0 Å². The summed E-state index contributed by atoms with van der Waals surface area (Å²) >= 11 is 0. The maximum atomic E-state index is 11.9. The van der Waals surface area contributed by atoms with Gasteiger partial charge in [0.1, 0.15) is 0 Å². The minimum atomic E-state index is -0.0283. The van der Waals surface area contributed by atoms with Gasteiger partial charge in [-0.25, -0.2) is 0 Å². The molecular formula is C29H56O4. The van der Waals surface area contributed by atoms with Gasteiger partial charge in [-0.2, -0.15) is 0 Å². The molecule has 0 heterocycles. The molecule has 0 aromatic heterocycles. The topological polar surface area (TPSA) is 52.6 Å². The Labute approximate surface area is 206 Å². The smallest absolute Gasteiger partial charge is 0.306 e. The highest BCUT2D eigenvalue weighted by Crippen LogP contribution is 2.16. The number of hydrogen-bond donors (Lipinski definition) is 0. The van der Waals surface area contributed by atoms with Gasteiger partial charge in [0.15, 0.2) is 0 Å². The van der Waals surface area contributed by atoms with Crippen LogP contribution in [0.25, 0.3) is 0 Å². The van der Waals surface area contributed by atoms with Gasteiger partial charge in [0.2, 0.25) is 0 Å². The predicted molar refractivity (Wildman–Crippen MR) is 139 cm³/mol. The van der Waals surface area contributed by atoms with E-state index in [0.717, 1.165) is 32.1 Å². The van der Waals surface area contributed by atoms with Gasteiger partial charge in [-0.1, -0.05) is 124 Å². The first kappa shape index (κ1) is 31.9. The summed E-state index contributed by atoms with van der Waals surface area (Å²) in [6.45, 7) is 7.78. The lowest BCUT2D eigenvalue weighted by Crippen LogP contribution is -2.10. The van der Waals surface area contributed by atoms with Crippen molar-refractivity contribution >= 4 is 11.9 Å². The third kappa shape index (κ3) is 25.4. The van der Waals surface area contributed by atoms with Crippen LogP contribution in [-0.2, 0) is 19.1 Å². The Balaban J connectivity index is 3.38.